The van der Waals surface area contributed by atoms with Gasteiger partial charge in [-0.15, -0.1) is 0 Å². The molecule has 6 atom stereocenters. The molecule has 4 saturated carbocycles. The maximum absolute atomic E-state index is 2.63. The van der Waals surface area contributed by atoms with E-state index in [1.54, 1.807) is 0 Å². The Morgan fingerprint density at radius 3 is 1.67 bits per heavy atom. The van der Waals surface area contributed by atoms with Crippen LogP contribution in [-0.2, 0) is 0 Å². The molecular weight excluding hydrogens is 216 g/mol. The fraction of sp³-hybridized carbons (Fsp3) is 1.00. The maximum atomic E-state index is 2.63. The molecule has 4 rings (SSSR count). The summed E-state index contributed by atoms with van der Waals surface area (Å²) in [5.41, 5.74) is 2.46. The average Bonchev–Trinajstić information content (AvgIpc) is 2.41. The van der Waals surface area contributed by atoms with Crippen LogP contribution in [-0.4, -0.2) is 0 Å². The Balaban J connectivity index is 2.36. The van der Waals surface area contributed by atoms with E-state index in [4.69, 9.17) is 0 Å². The lowest BCUT2D eigenvalue weighted by molar-refractivity contribution is -0.256. The van der Waals surface area contributed by atoms with Crippen LogP contribution in [0.3, 0.4) is 0 Å². The van der Waals surface area contributed by atoms with Gasteiger partial charge in [-0.3, -0.25) is 0 Å². The summed E-state index contributed by atoms with van der Waals surface area (Å²) in [6.45, 7) is 23.2. The smallest absolute Gasteiger partial charge is 0.0179 e. The van der Waals surface area contributed by atoms with Crippen LogP contribution in [0.15, 0.2) is 0 Å². The molecule has 4 bridgehead atoms. The van der Waals surface area contributed by atoms with Crippen LogP contribution in [0.2, 0.25) is 0 Å². The second kappa shape index (κ2) is 2.72. The predicted octanol–water partition coefficient (Wildman–Crippen LogP) is 5.38. The second-order valence-corrected chi connectivity index (χ2v) is 9.61. The van der Waals surface area contributed by atoms with Crippen LogP contribution in [0, 0.1) is 44.8 Å². The van der Waals surface area contributed by atoms with Gasteiger partial charge in [0, 0.05) is 0 Å². The fourth-order valence-electron chi connectivity index (χ4n) is 8.19. The maximum Gasteiger partial charge on any atom is -0.0179 e. The molecule has 0 aromatic carbocycles. The van der Waals surface area contributed by atoms with E-state index in [-0.39, 0.29) is 0 Å². The van der Waals surface area contributed by atoms with Gasteiger partial charge in [0.25, 0.3) is 0 Å². The van der Waals surface area contributed by atoms with Gasteiger partial charge in [-0.05, 0) is 51.2 Å². The van der Waals surface area contributed by atoms with Crippen LogP contribution in [0.4, 0.5) is 0 Å². The molecule has 4 aliphatic rings. The van der Waals surface area contributed by atoms with Crippen molar-refractivity contribution in [3.63, 3.8) is 0 Å². The highest BCUT2D eigenvalue weighted by Crippen LogP contribution is 2.90. The van der Waals surface area contributed by atoms with E-state index in [9.17, 15) is 0 Å². The van der Waals surface area contributed by atoms with E-state index in [1.807, 2.05) is 0 Å². The van der Waals surface area contributed by atoms with Crippen molar-refractivity contribution < 1.29 is 0 Å². The van der Waals surface area contributed by atoms with E-state index < -0.39 is 0 Å². The number of fused-ring (bicyclic) bond motifs is 1. The van der Waals surface area contributed by atoms with Crippen molar-refractivity contribution in [2.75, 3.05) is 0 Å². The number of hydrogen-bond donors (Lipinski definition) is 0. The zero-order valence-electron chi connectivity index (χ0n) is 13.9. The van der Waals surface area contributed by atoms with Gasteiger partial charge in [0.15, 0.2) is 0 Å². The lowest BCUT2D eigenvalue weighted by Crippen LogP contribution is -2.68. The van der Waals surface area contributed by atoms with Crippen molar-refractivity contribution >= 4 is 0 Å². The minimum absolute atomic E-state index is 0.473. The summed E-state index contributed by atoms with van der Waals surface area (Å²) in [6, 6.07) is 0. The molecule has 0 N–H and O–H groups in total. The zero-order chi connectivity index (χ0) is 13.9. The van der Waals surface area contributed by atoms with Gasteiger partial charge in [-0.2, -0.15) is 0 Å². The highest BCUT2D eigenvalue weighted by atomic mass is 14.9. The quantitative estimate of drug-likeness (QED) is 0.540. The fourth-order valence-corrected chi connectivity index (χ4v) is 8.19. The molecule has 4 aliphatic carbocycles. The summed E-state index contributed by atoms with van der Waals surface area (Å²) in [6.07, 6.45) is 1.42. The Bertz CT molecular complexity index is 414. The lowest BCUT2D eigenvalue weighted by Gasteiger charge is -2.73. The van der Waals surface area contributed by atoms with E-state index in [2.05, 4.69) is 62.3 Å². The topological polar surface area (TPSA) is 0 Å². The Morgan fingerprint density at radius 2 is 1.17 bits per heavy atom. The van der Waals surface area contributed by atoms with Crippen LogP contribution in [0.1, 0.15) is 68.7 Å². The molecule has 0 aromatic heterocycles. The van der Waals surface area contributed by atoms with Gasteiger partial charge in [0.2, 0.25) is 0 Å². The molecule has 0 nitrogen and oxygen atoms in total. The first kappa shape index (κ1) is 13.0. The number of rotatable bonds is 0. The van der Waals surface area contributed by atoms with Gasteiger partial charge < -0.3 is 0 Å². The van der Waals surface area contributed by atoms with E-state index in [1.165, 1.54) is 6.42 Å². The standard InChI is InChI=1S/C18H32/c1-11-13-12(2)18(9)15(5,6)16(13,7)10-14(3,4)17(11,18)8/h11-13H,10H2,1-9H3. The van der Waals surface area contributed by atoms with Crippen LogP contribution in [0.25, 0.3) is 0 Å². The van der Waals surface area contributed by atoms with E-state index in [0.717, 1.165) is 17.8 Å². The molecule has 0 amide bonds. The highest BCUT2D eigenvalue weighted by molar-refractivity contribution is 5.32. The molecule has 0 aromatic rings. The van der Waals surface area contributed by atoms with Crippen LogP contribution < -0.4 is 0 Å². The van der Waals surface area contributed by atoms with Crippen molar-refractivity contribution in [3.8, 4) is 0 Å². The zero-order valence-corrected chi connectivity index (χ0v) is 13.9. The summed E-state index contributed by atoms with van der Waals surface area (Å²) in [7, 11) is 0. The first-order valence-corrected chi connectivity index (χ1v) is 7.89. The minimum atomic E-state index is 0.473. The molecule has 0 aliphatic heterocycles. The summed E-state index contributed by atoms with van der Waals surface area (Å²) in [5.74, 6) is 2.68. The van der Waals surface area contributed by atoms with E-state index in [0.29, 0.717) is 27.1 Å². The van der Waals surface area contributed by atoms with Crippen LogP contribution in [0.5, 0.6) is 0 Å². The highest BCUT2D eigenvalue weighted by Gasteiger charge is 2.85. The summed E-state index contributed by atoms with van der Waals surface area (Å²) in [4.78, 5) is 0. The summed E-state index contributed by atoms with van der Waals surface area (Å²) >= 11 is 0. The molecule has 104 valence electrons. The monoisotopic (exact) mass is 248 g/mol. The molecular formula is C18H32. The Kier molecular flexibility index (Phi) is 1.97. The van der Waals surface area contributed by atoms with Crippen molar-refractivity contribution in [2.24, 2.45) is 44.8 Å². The van der Waals surface area contributed by atoms with E-state index >= 15 is 0 Å². The molecule has 0 radical (unpaired) electrons. The van der Waals surface area contributed by atoms with Gasteiger partial charge in [-0.25, -0.2) is 0 Å². The van der Waals surface area contributed by atoms with Gasteiger partial charge in [-0.1, -0.05) is 62.3 Å². The molecule has 4 fully saturated rings. The second-order valence-electron chi connectivity index (χ2n) is 9.61. The molecule has 0 saturated heterocycles. The minimum Gasteiger partial charge on any atom is -0.0617 e. The van der Waals surface area contributed by atoms with Crippen molar-refractivity contribution in [3.05, 3.63) is 0 Å². The predicted molar refractivity (Wildman–Crippen MR) is 78.3 cm³/mol. The van der Waals surface area contributed by atoms with Gasteiger partial charge in [0.1, 0.15) is 0 Å². The number of hydrogen-bond acceptors (Lipinski definition) is 0. The third-order valence-corrected chi connectivity index (χ3v) is 9.65. The van der Waals surface area contributed by atoms with Crippen molar-refractivity contribution in [2.45, 2.75) is 68.7 Å². The third-order valence-electron chi connectivity index (χ3n) is 9.65. The Hall–Kier alpha value is 0. The van der Waals surface area contributed by atoms with Crippen molar-refractivity contribution in [1.82, 2.24) is 0 Å². The molecule has 18 heavy (non-hydrogen) atoms. The average molecular weight is 248 g/mol. The van der Waals surface area contributed by atoms with Crippen LogP contribution >= 0.6 is 0 Å². The Morgan fingerprint density at radius 1 is 0.722 bits per heavy atom. The van der Waals surface area contributed by atoms with Gasteiger partial charge >= 0.3 is 0 Å². The Labute approximate surface area is 114 Å². The third kappa shape index (κ3) is 0.779. The van der Waals surface area contributed by atoms with Crippen molar-refractivity contribution in [1.29, 1.82) is 0 Å². The summed E-state index contributed by atoms with van der Waals surface area (Å²) < 4.78 is 0. The molecule has 6 unspecified atom stereocenters. The summed E-state index contributed by atoms with van der Waals surface area (Å²) in [5, 5.41) is 0. The molecule has 0 heteroatoms. The molecule has 0 spiro atoms. The molecule has 0 heterocycles. The lowest BCUT2D eigenvalue weighted by atomic mass is 9.31. The van der Waals surface area contributed by atoms with Gasteiger partial charge in [0.05, 0.1) is 0 Å². The first-order chi connectivity index (χ1) is 7.89. The normalized spacial score (nSPS) is 63.5. The first-order valence-electron chi connectivity index (χ1n) is 7.89. The largest absolute Gasteiger partial charge is 0.0617 e. The SMILES string of the molecule is CC1C2C(C)C3(C)C(C)(C)C2(C)CC(C)(C)C13C.